The number of hydrogen-bond donors (Lipinski definition) is 1. The van der Waals surface area contributed by atoms with Gasteiger partial charge in [-0.1, -0.05) is 5.16 Å². The largest absolute Gasteiger partial charge is 0.359 e. The molecule has 0 amide bonds. The fraction of sp³-hybridized carbons (Fsp3) is 0.429. The Morgan fingerprint density at radius 1 is 1.50 bits per heavy atom. The molecular formula is C14H21BrIN5O. The lowest BCUT2D eigenvalue weighted by Crippen LogP contribution is -2.38. The lowest BCUT2D eigenvalue weighted by molar-refractivity contribution is 0.372. The third-order valence-electron chi connectivity index (χ3n) is 3.14. The van der Waals surface area contributed by atoms with Crippen LogP contribution in [0.5, 0.6) is 0 Å². The van der Waals surface area contributed by atoms with E-state index in [1.54, 1.807) is 7.05 Å². The highest BCUT2D eigenvalue weighted by atomic mass is 127. The van der Waals surface area contributed by atoms with Crippen LogP contribution in [0.4, 0.5) is 0 Å². The molecule has 2 aromatic heterocycles. The van der Waals surface area contributed by atoms with Gasteiger partial charge in [0, 0.05) is 43.6 Å². The van der Waals surface area contributed by atoms with Crippen molar-refractivity contribution in [1.29, 1.82) is 0 Å². The molecule has 0 aliphatic heterocycles. The Morgan fingerprint density at radius 2 is 2.23 bits per heavy atom. The van der Waals surface area contributed by atoms with E-state index in [4.69, 9.17) is 4.52 Å². The van der Waals surface area contributed by atoms with E-state index in [1.807, 2.05) is 33.3 Å². The van der Waals surface area contributed by atoms with Crippen LogP contribution in [0, 0.1) is 6.92 Å². The van der Waals surface area contributed by atoms with Crippen molar-refractivity contribution >= 4 is 45.9 Å². The molecule has 0 saturated heterocycles. The fourth-order valence-electron chi connectivity index (χ4n) is 2.09. The van der Waals surface area contributed by atoms with Gasteiger partial charge in [0.25, 0.3) is 0 Å². The number of nitrogens with one attached hydrogen (secondary N) is 1. The van der Waals surface area contributed by atoms with Crippen molar-refractivity contribution in [3.63, 3.8) is 0 Å². The Balaban J connectivity index is 0.00000242. The number of aliphatic imine (C=N–C) groups is 1. The van der Waals surface area contributed by atoms with Crippen LogP contribution in [0.3, 0.4) is 0 Å². The Kier molecular flexibility index (Phi) is 7.40. The van der Waals surface area contributed by atoms with Gasteiger partial charge in [-0.15, -0.1) is 24.0 Å². The molecule has 0 unspecified atom stereocenters. The van der Waals surface area contributed by atoms with E-state index in [9.17, 15) is 0 Å². The van der Waals surface area contributed by atoms with Crippen molar-refractivity contribution in [3.05, 3.63) is 40.0 Å². The standard InChI is InChI=1S/C14H20BrN5O.HI/c1-10-5-13(21-18-10)7-17-14(16-2)20(4)9-12-6-11(15)8-19(12)3;/h5-6,8H,7,9H2,1-4H3,(H,16,17);1H. The summed E-state index contributed by atoms with van der Waals surface area (Å²) >= 11 is 3.49. The van der Waals surface area contributed by atoms with Gasteiger partial charge in [0.05, 0.1) is 18.8 Å². The van der Waals surface area contributed by atoms with Gasteiger partial charge in [0.15, 0.2) is 11.7 Å². The van der Waals surface area contributed by atoms with E-state index in [0.29, 0.717) is 6.54 Å². The summed E-state index contributed by atoms with van der Waals surface area (Å²) in [5, 5.41) is 7.14. The van der Waals surface area contributed by atoms with Crippen molar-refractivity contribution in [2.24, 2.45) is 12.0 Å². The number of rotatable bonds is 4. The average Bonchev–Trinajstić information content (AvgIpc) is 2.96. The maximum atomic E-state index is 5.18. The predicted molar refractivity (Wildman–Crippen MR) is 101 cm³/mol. The van der Waals surface area contributed by atoms with Crippen molar-refractivity contribution in [2.75, 3.05) is 14.1 Å². The highest BCUT2D eigenvalue weighted by Gasteiger charge is 2.10. The Bertz CT molecular complexity index is 637. The van der Waals surface area contributed by atoms with Crippen molar-refractivity contribution < 1.29 is 4.52 Å². The van der Waals surface area contributed by atoms with E-state index in [2.05, 4.69) is 46.9 Å². The first kappa shape index (κ1) is 19.0. The Hall–Kier alpha value is -1.03. The van der Waals surface area contributed by atoms with Crippen LogP contribution >= 0.6 is 39.9 Å². The third-order valence-corrected chi connectivity index (χ3v) is 3.58. The van der Waals surface area contributed by atoms with Gasteiger partial charge in [-0.2, -0.15) is 0 Å². The SMILES string of the molecule is CN=C(NCc1cc(C)no1)N(C)Cc1cc(Br)cn1C.I. The second-order valence-electron chi connectivity index (χ2n) is 4.95. The van der Waals surface area contributed by atoms with E-state index < -0.39 is 0 Å². The molecule has 2 rings (SSSR count). The van der Waals surface area contributed by atoms with Gasteiger partial charge in [0.2, 0.25) is 0 Å². The van der Waals surface area contributed by atoms with Gasteiger partial charge in [-0.05, 0) is 28.9 Å². The lowest BCUT2D eigenvalue weighted by atomic mass is 10.4. The Morgan fingerprint density at radius 3 is 2.73 bits per heavy atom. The predicted octanol–water partition coefficient (Wildman–Crippen LogP) is 2.91. The van der Waals surface area contributed by atoms with Crippen LogP contribution in [0.1, 0.15) is 17.1 Å². The quantitative estimate of drug-likeness (QED) is 0.414. The van der Waals surface area contributed by atoms with Crippen molar-refractivity contribution in [3.8, 4) is 0 Å². The van der Waals surface area contributed by atoms with Crippen LogP contribution < -0.4 is 5.32 Å². The smallest absolute Gasteiger partial charge is 0.194 e. The van der Waals surface area contributed by atoms with Gasteiger partial charge >= 0.3 is 0 Å². The first-order chi connectivity index (χ1) is 9.99. The number of halogens is 2. The van der Waals surface area contributed by atoms with Gasteiger partial charge in [0.1, 0.15) is 0 Å². The molecule has 0 radical (unpaired) electrons. The summed E-state index contributed by atoms with van der Waals surface area (Å²) < 4.78 is 8.35. The molecule has 6 nitrogen and oxygen atoms in total. The normalized spacial score (nSPS) is 11.2. The molecule has 0 aromatic carbocycles. The fourth-order valence-corrected chi connectivity index (χ4v) is 2.66. The molecule has 122 valence electrons. The molecule has 0 aliphatic carbocycles. The third kappa shape index (κ3) is 5.01. The molecule has 2 aromatic rings. The summed E-state index contributed by atoms with van der Waals surface area (Å²) in [7, 11) is 5.80. The van der Waals surface area contributed by atoms with Crippen LogP contribution in [0.25, 0.3) is 0 Å². The van der Waals surface area contributed by atoms with Crippen LogP contribution in [-0.2, 0) is 20.1 Å². The number of nitrogens with zero attached hydrogens (tertiary/aromatic N) is 4. The summed E-state index contributed by atoms with van der Waals surface area (Å²) in [5.74, 6) is 1.60. The Labute approximate surface area is 156 Å². The highest BCUT2D eigenvalue weighted by Crippen LogP contribution is 2.15. The monoisotopic (exact) mass is 481 g/mol. The molecule has 0 saturated carbocycles. The number of hydrogen-bond acceptors (Lipinski definition) is 3. The second-order valence-corrected chi connectivity index (χ2v) is 5.87. The maximum absolute atomic E-state index is 5.18. The molecule has 0 atom stereocenters. The van der Waals surface area contributed by atoms with E-state index in [-0.39, 0.29) is 24.0 Å². The summed E-state index contributed by atoms with van der Waals surface area (Å²) in [6.07, 6.45) is 2.04. The van der Waals surface area contributed by atoms with Crippen LogP contribution in [-0.4, -0.2) is 34.7 Å². The molecule has 0 bridgehead atoms. The number of aromatic nitrogens is 2. The number of guanidine groups is 1. The summed E-state index contributed by atoms with van der Waals surface area (Å²) in [5.41, 5.74) is 2.08. The molecular weight excluding hydrogens is 461 g/mol. The van der Waals surface area contributed by atoms with Gasteiger partial charge in [-0.3, -0.25) is 4.99 Å². The lowest BCUT2D eigenvalue weighted by Gasteiger charge is -2.21. The minimum Gasteiger partial charge on any atom is -0.359 e. The molecule has 2 heterocycles. The molecule has 22 heavy (non-hydrogen) atoms. The van der Waals surface area contributed by atoms with Crippen molar-refractivity contribution in [2.45, 2.75) is 20.0 Å². The zero-order valence-electron chi connectivity index (χ0n) is 13.1. The van der Waals surface area contributed by atoms with Gasteiger partial charge < -0.3 is 19.3 Å². The maximum Gasteiger partial charge on any atom is 0.194 e. The highest BCUT2D eigenvalue weighted by molar-refractivity contribution is 14.0. The first-order valence-electron chi connectivity index (χ1n) is 6.64. The van der Waals surface area contributed by atoms with E-state index in [0.717, 1.165) is 28.4 Å². The molecule has 0 aliphatic rings. The summed E-state index contributed by atoms with van der Waals surface area (Å²) in [6.45, 7) is 3.23. The molecule has 0 fully saturated rings. The van der Waals surface area contributed by atoms with E-state index in [1.165, 1.54) is 5.69 Å². The zero-order valence-corrected chi connectivity index (χ0v) is 17.0. The first-order valence-corrected chi connectivity index (χ1v) is 7.43. The minimum absolute atomic E-state index is 0. The zero-order chi connectivity index (χ0) is 15.4. The van der Waals surface area contributed by atoms with Crippen molar-refractivity contribution in [1.82, 2.24) is 19.9 Å². The molecule has 1 N–H and O–H groups in total. The summed E-state index contributed by atoms with van der Waals surface area (Å²) in [4.78, 5) is 6.35. The minimum atomic E-state index is 0. The van der Waals surface area contributed by atoms with Crippen LogP contribution in [0.2, 0.25) is 0 Å². The molecule has 8 heteroatoms. The number of aryl methyl sites for hydroxylation is 2. The van der Waals surface area contributed by atoms with Gasteiger partial charge in [-0.25, -0.2) is 0 Å². The average molecular weight is 482 g/mol. The second kappa shape index (κ2) is 8.56. The topological polar surface area (TPSA) is 58.6 Å². The van der Waals surface area contributed by atoms with E-state index >= 15 is 0 Å². The summed E-state index contributed by atoms with van der Waals surface area (Å²) in [6, 6.07) is 4.01. The molecule has 0 spiro atoms. The van der Waals surface area contributed by atoms with Crippen LogP contribution in [0.15, 0.2) is 32.3 Å².